The Hall–Kier alpha value is -1.55. The van der Waals surface area contributed by atoms with Crippen LogP contribution in [-0.4, -0.2) is 13.2 Å². The molecule has 124 valence electrons. The van der Waals surface area contributed by atoms with Gasteiger partial charge in [-0.3, -0.25) is 0 Å². The summed E-state index contributed by atoms with van der Waals surface area (Å²) in [5.41, 5.74) is 1.30. The third-order valence-electron chi connectivity index (χ3n) is 3.95. The Bertz CT molecular complexity index is 811. The van der Waals surface area contributed by atoms with Crippen molar-refractivity contribution in [2.24, 2.45) is 0 Å². The van der Waals surface area contributed by atoms with Gasteiger partial charge in [-0.2, -0.15) is 0 Å². The zero-order chi connectivity index (χ0) is 16.9. The SMILES string of the molecule is C[C@@H](NCCOc1cc(Cl)cc(Br)c1)c1cccc2ccccc12. The predicted molar refractivity (Wildman–Crippen MR) is 105 cm³/mol. The van der Waals surface area contributed by atoms with E-state index in [9.17, 15) is 0 Å². The Morgan fingerprint density at radius 1 is 1.08 bits per heavy atom. The monoisotopic (exact) mass is 403 g/mol. The van der Waals surface area contributed by atoms with E-state index in [1.54, 1.807) is 0 Å². The van der Waals surface area contributed by atoms with Gasteiger partial charge >= 0.3 is 0 Å². The highest BCUT2D eigenvalue weighted by Crippen LogP contribution is 2.25. The average molecular weight is 405 g/mol. The van der Waals surface area contributed by atoms with Crippen molar-refractivity contribution in [3.8, 4) is 5.75 Å². The summed E-state index contributed by atoms with van der Waals surface area (Å²) >= 11 is 9.44. The molecule has 4 heteroatoms. The highest BCUT2D eigenvalue weighted by molar-refractivity contribution is 9.10. The fourth-order valence-corrected chi connectivity index (χ4v) is 3.62. The molecule has 2 nitrogen and oxygen atoms in total. The molecule has 0 unspecified atom stereocenters. The Labute approximate surface area is 155 Å². The molecule has 0 radical (unpaired) electrons. The topological polar surface area (TPSA) is 21.3 Å². The molecule has 3 rings (SSSR count). The summed E-state index contributed by atoms with van der Waals surface area (Å²) in [6.07, 6.45) is 0. The van der Waals surface area contributed by atoms with Crippen LogP contribution in [0.5, 0.6) is 5.75 Å². The first-order valence-corrected chi connectivity index (χ1v) is 9.10. The van der Waals surface area contributed by atoms with Crippen LogP contribution in [0.25, 0.3) is 10.8 Å². The largest absolute Gasteiger partial charge is 0.492 e. The first-order valence-electron chi connectivity index (χ1n) is 7.93. The maximum absolute atomic E-state index is 6.02. The van der Waals surface area contributed by atoms with Crippen LogP contribution >= 0.6 is 27.5 Å². The van der Waals surface area contributed by atoms with E-state index in [2.05, 4.69) is 70.6 Å². The summed E-state index contributed by atoms with van der Waals surface area (Å²) in [5, 5.41) is 6.74. The minimum Gasteiger partial charge on any atom is -0.492 e. The van der Waals surface area contributed by atoms with Crippen LogP contribution < -0.4 is 10.1 Å². The molecule has 0 saturated heterocycles. The van der Waals surface area contributed by atoms with Gasteiger partial charge in [0.15, 0.2) is 0 Å². The van der Waals surface area contributed by atoms with Gasteiger partial charge in [0.1, 0.15) is 12.4 Å². The Kier molecular flexibility index (Phi) is 5.77. The summed E-state index contributed by atoms with van der Waals surface area (Å²) in [5.74, 6) is 0.772. The summed E-state index contributed by atoms with van der Waals surface area (Å²) in [6, 6.07) is 20.7. The van der Waals surface area contributed by atoms with Crippen molar-refractivity contribution in [3.63, 3.8) is 0 Å². The van der Waals surface area contributed by atoms with Crippen LogP contribution in [0.4, 0.5) is 0 Å². The van der Waals surface area contributed by atoms with Crippen molar-refractivity contribution in [1.82, 2.24) is 5.32 Å². The van der Waals surface area contributed by atoms with Crippen molar-refractivity contribution < 1.29 is 4.74 Å². The van der Waals surface area contributed by atoms with Crippen LogP contribution in [0, 0.1) is 0 Å². The van der Waals surface area contributed by atoms with Crippen LogP contribution in [0.15, 0.2) is 65.1 Å². The van der Waals surface area contributed by atoms with Gasteiger partial charge in [0.2, 0.25) is 0 Å². The zero-order valence-electron chi connectivity index (χ0n) is 13.4. The number of halogens is 2. The van der Waals surface area contributed by atoms with Gasteiger partial charge in [-0.05, 0) is 41.5 Å². The van der Waals surface area contributed by atoms with Gasteiger partial charge in [-0.25, -0.2) is 0 Å². The van der Waals surface area contributed by atoms with Crippen molar-refractivity contribution in [2.45, 2.75) is 13.0 Å². The second kappa shape index (κ2) is 8.02. The van der Waals surface area contributed by atoms with Crippen LogP contribution in [0.3, 0.4) is 0 Å². The lowest BCUT2D eigenvalue weighted by atomic mass is 10.00. The number of ether oxygens (including phenoxy) is 1. The van der Waals surface area contributed by atoms with Gasteiger partial charge in [-0.1, -0.05) is 70.0 Å². The number of benzene rings is 3. The molecule has 0 saturated carbocycles. The van der Waals surface area contributed by atoms with Crippen LogP contribution in [0.1, 0.15) is 18.5 Å². The molecule has 1 atom stereocenters. The summed E-state index contributed by atoms with van der Waals surface area (Å²) < 4.78 is 6.68. The Morgan fingerprint density at radius 3 is 2.71 bits per heavy atom. The third-order valence-corrected chi connectivity index (χ3v) is 4.62. The molecule has 0 aromatic heterocycles. The van der Waals surface area contributed by atoms with E-state index in [1.165, 1.54) is 16.3 Å². The lowest BCUT2D eigenvalue weighted by Gasteiger charge is -2.17. The van der Waals surface area contributed by atoms with Gasteiger partial charge in [-0.15, -0.1) is 0 Å². The summed E-state index contributed by atoms with van der Waals surface area (Å²) in [7, 11) is 0. The molecule has 0 aliphatic rings. The lowest BCUT2D eigenvalue weighted by Crippen LogP contribution is -2.24. The Balaban J connectivity index is 1.58. The quantitative estimate of drug-likeness (QED) is 0.510. The molecule has 0 heterocycles. The van der Waals surface area contributed by atoms with E-state index in [1.807, 2.05) is 18.2 Å². The van der Waals surface area contributed by atoms with Crippen LogP contribution in [0.2, 0.25) is 5.02 Å². The molecule has 3 aromatic carbocycles. The van der Waals surface area contributed by atoms with E-state index in [0.29, 0.717) is 11.6 Å². The Morgan fingerprint density at radius 2 is 1.88 bits per heavy atom. The molecule has 0 bridgehead atoms. The number of hydrogen-bond acceptors (Lipinski definition) is 2. The van der Waals surface area contributed by atoms with Crippen molar-refractivity contribution in [1.29, 1.82) is 0 Å². The zero-order valence-corrected chi connectivity index (χ0v) is 15.8. The standard InChI is InChI=1S/C20H19BrClNO/c1-14(19-8-4-6-15-5-2-3-7-20(15)19)23-9-10-24-18-12-16(21)11-17(22)13-18/h2-8,11-14,23H,9-10H2,1H3/t14-/m1/s1. The number of rotatable bonds is 6. The van der Waals surface area contributed by atoms with E-state index < -0.39 is 0 Å². The van der Waals surface area contributed by atoms with E-state index >= 15 is 0 Å². The maximum Gasteiger partial charge on any atom is 0.121 e. The average Bonchev–Trinajstić information content (AvgIpc) is 2.57. The highest BCUT2D eigenvalue weighted by Gasteiger charge is 2.08. The van der Waals surface area contributed by atoms with E-state index in [4.69, 9.17) is 16.3 Å². The second-order valence-corrected chi connectivity index (χ2v) is 7.05. The normalized spacial score (nSPS) is 12.3. The summed E-state index contributed by atoms with van der Waals surface area (Å²) in [6.45, 7) is 3.52. The van der Waals surface area contributed by atoms with Gasteiger partial charge in [0, 0.05) is 22.1 Å². The molecule has 0 fully saturated rings. The van der Waals surface area contributed by atoms with Gasteiger partial charge in [0.05, 0.1) is 0 Å². The first-order chi connectivity index (χ1) is 11.6. The molecular weight excluding hydrogens is 386 g/mol. The second-order valence-electron chi connectivity index (χ2n) is 5.70. The molecular formula is C20H19BrClNO. The number of fused-ring (bicyclic) bond motifs is 1. The molecule has 0 aliphatic carbocycles. The van der Waals surface area contributed by atoms with Crippen molar-refractivity contribution in [2.75, 3.05) is 13.2 Å². The van der Waals surface area contributed by atoms with Crippen LogP contribution in [-0.2, 0) is 0 Å². The molecule has 0 spiro atoms. The molecule has 0 amide bonds. The first kappa shape index (κ1) is 17.3. The molecule has 24 heavy (non-hydrogen) atoms. The number of hydrogen-bond donors (Lipinski definition) is 1. The van der Waals surface area contributed by atoms with E-state index in [-0.39, 0.29) is 6.04 Å². The lowest BCUT2D eigenvalue weighted by molar-refractivity contribution is 0.307. The maximum atomic E-state index is 6.02. The smallest absolute Gasteiger partial charge is 0.121 e. The van der Waals surface area contributed by atoms with Gasteiger partial charge in [0.25, 0.3) is 0 Å². The minimum absolute atomic E-state index is 0.255. The van der Waals surface area contributed by atoms with E-state index in [0.717, 1.165) is 16.8 Å². The molecule has 1 N–H and O–H groups in total. The number of nitrogens with one attached hydrogen (secondary N) is 1. The molecule has 3 aromatic rings. The minimum atomic E-state index is 0.255. The summed E-state index contributed by atoms with van der Waals surface area (Å²) in [4.78, 5) is 0. The fraction of sp³-hybridized carbons (Fsp3) is 0.200. The fourth-order valence-electron chi connectivity index (χ4n) is 2.79. The third kappa shape index (κ3) is 4.29. The van der Waals surface area contributed by atoms with Gasteiger partial charge < -0.3 is 10.1 Å². The highest BCUT2D eigenvalue weighted by atomic mass is 79.9. The molecule has 0 aliphatic heterocycles. The van der Waals surface area contributed by atoms with Crippen molar-refractivity contribution >= 4 is 38.3 Å². The van der Waals surface area contributed by atoms with Crippen molar-refractivity contribution in [3.05, 3.63) is 75.7 Å². The predicted octanol–water partition coefficient (Wildman–Crippen LogP) is 5.99.